The molecule has 0 fully saturated rings. The summed E-state index contributed by atoms with van der Waals surface area (Å²) in [7, 11) is 1.54. The van der Waals surface area contributed by atoms with E-state index in [0.717, 1.165) is 0 Å². The van der Waals surface area contributed by atoms with Gasteiger partial charge < -0.3 is 20.3 Å². The Morgan fingerprint density at radius 3 is 3.00 bits per heavy atom. The number of aromatic carboxylic acids is 1. The normalized spacial score (nSPS) is 12.1. The summed E-state index contributed by atoms with van der Waals surface area (Å²) >= 11 is 0. The number of nitrogens with zero attached hydrogens (tertiary/aromatic N) is 2. The lowest BCUT2D eigenvalue weighted by molar-refractivity contribution is 0.0690. The van der Waals surface area contributed by atoms with Gasteiger partial charge in [0, 0.05) is 19.9 Å². The maximum Gasteiger partial charge on any atom is 0.354 e. The van der Waals surface area contributed by atoms with Crippen LogP contribution >= 0.6 is 0 Å². The van der Waals surface area contributed by atoms with Crippen molar-refractivity contribution in [3.8, 4) is 0 Å². The second-order valence-electron chi connectivity index (χ2n) is 3.38. The molecule has 1 atom stereocenters. The first kappa shape index (κ1) is 13.3. The highest BCUT2D eigenvalue weighted by molar-refractivity contribution is 5.85. The second-order valence-corrected chi connectivity index (χ2v) is 3.38. The Balaban J connectivity index is 2.71. The standard InChI is InChI=1S/C10H15N3O4/c1-17-6-7(3-5-14)12-10-11-4-2-8(13-10)9(15)16/h2,4,7,14H,3,5-6H2,1H3,(H,15,16)(H,11,12,13). The van der Waals surface area contributed by atoms with Gasteiger partial charge in [-0.25, -0.2) is 14.8 Å². The number of aromatic nitrogens is 2. The van der Waals surface area contributed by atoms with Gasteiger partial charge in [0.1, 0.15) is 0 Å². The predicted molar refractivity (Wildman–Crippen MR) is 60.0 cm³/mol. The number of rotatable bonds is 7. The molecule has 0 aliphatic heterocycles. The van der Waals surface area contributed by atoms with Gasteiger partial charge in [0.2, 0.25) is 5.95 Å². The average Bonchev–Trinajstić information content (AvgIpc) is 2.30. The highest BCUT2D eigenvalue weighted by atomic mass is 16.5. The molecule has 0 aliphatic rings. The Labute approximate surface area is 98.5 Å². The van der Waals surface area contributed by atoms with E-state index in [1.54, 1.807) is 7.11 Å². The summed E-state index contributed by atoms with van der Waals surface area (Å²) in [6, 6.07) is 1.15. The first-order valence-corrected chi connectivity index (χ1v) is 5.10. The van der Waals surface area contributed by atoms with Gasteiger partial charge in [-0.2, -0.15) is 0 Å². The van der Waals surface area contributed by atoms with Gasteiger partial charge >= 0.3 is 5.97 Å². The van der Waals surface area contributed by atoms with E-state index in [9.17, 15) is 4.79 Å². The molecule has 0 aliphatic carbocycles. The smallest absolute Gasteiger partial charge is 0.354 e. The van der Waals surface area contributed by atoms with Crippen molar-refractivity contribution in [1.82, 2.24) is 9.97 Å². The molecule has 0 saturated heterocycles. The zero-order valence-corrected chi connectivity index (χ0v) is 9.46. The zero-order chi connectivity index (χ0) is 12.7. The van der Waals surface area contributed by atoms with Crippen LogP contribution in [0.1, 0.15) is 16.9 Å². The summed E-state index contributed by atoms with van der Waals surface area (Å²) in [6.07, 6.45) is 1.83. The van der Waals surface area contributed by atoms with Crippen molar-refractivity contribution < 1.29 is 19.7 Å². The van der Waals surface area contributed by atoms with Crippen LogP contribution in [-0.4, -0.2) is 52.5 Å². The molecule has 7 heteroatoms. The van der Waals surface area contributed by atoms with Gasteiger partial charge in [-0.05, 0) is 12.5 Å². The number of aliphatic hydroxyl groups excluding tert-OH is 1. The molecule has 0 bridgehead atoms. The van der Waals surface area contributed by atoms with Crippen LogP contribution in [0.15, 0.2) is 12.3 Å². The third kappa shape index (κ3) is 4.33. The quantitative estimate of drug-likeness (QED) is 0.616. The van der Waals surface area contributed by atoms with Crippen LogP contribution in [0.4, 0.5) is 5.95 Å². The van der Waals surface area contributed by atoms with Crippen molar-refractivity contribution in [2.75, 3.05) is 25.6 Å². The first-order chi connectivity index (χ1) is 8.17. The Morgan fingerprint density at radius 1 is 1.65 bits per heavy atom. The Kier molecular flexibility index (Phi) is 5.31. The monoisotopic (exact) mass is 241 g/mol. The summed E-state index contributed by atoms with van der Waals surface area (Å²) in [4.78, 5) is 18.4. The number of methoxy groups -OCH3 is 1. The fourth-order valence-corrected chi connectivity index (χ4v) is 1.28. The SMILES string of the molecule is COCC(CCO)Nc1nccc(C(=O)O)n1. The van der Waals surface area contributed by atoms with Crippen molar-refractivity contribution in [1.29, 1.82) is 0 Å². The molecule has 0 spiro atoms. The molecule has 17 heavy (non-hydrogen) atoms. The molecule has 1 unspecified atom stereocenters. The van der Waals surface area contributed by atoms with Crippen molar-refractivity contribution >= 4 is 11.9 Å². The van der Waals surface area contributed by atoms with Crippen LogP contribution < -0.4 is 5.32 Å². The Bertz CT molecular complexity index is 366. The van der Waals surface area contributed by atoms with Crippen molar-refractivity contribution in [2.45, 2.75) is 12.5 Å². The predicted octanol–water partition coefficient (Wildman–Crippen LogP) is -0.0159. The molecule has 1 rings (SSSR count). The Hall–Kier alpha value is -1.73. The van der Waals surface area contributed by atoms with Crippen LogP contribution in [0.2, 0.25) is 0 Å². The molecule has 3 N–H and O–H groups in total. The summed E-state index contributed by atoms with van der Waals surface area (Å²) < 4.78 is 4.96. The molecule has 0 radical (unpaired) electrons. The number of hydrogen-bond donors (Lipinski definition) is 3. The van der Waals surface area contributed by atoms with Crippen molar-refractivity contribution in [3.05, 3.63) is 18.0 Å². The molecular formula is C10H15N3O4. The van der Waals surface area contributed by atoms with Crippen LogP contribution in [0.25, 0.3) is 0 Å². The van der Waals surface area contributed by atoms with Crippen LogP contribution in [0.3, 0.4) is 0 Å². The average molecular weight is 241 g/mol. The van der Waals surface area contributed by atoms with Gasteiger partial charge in [-0.3, -0.25) is 0 Å². The first-order valence-electron chi connectivity index (χ1n) is 5.10. The second kappa shape index (κ2) is 6.77. The molecule has 7 nitrogen and oxygen atoms in total. The molecule has 1 aromatic heterocycles. The number of nitrogens with one attached hydrogen (secondary N) is 1. The third-order valence-corrected chi connectivity index (χ3v) is 2.05. The minimum atomic E-state index is -1.11. The maximum atomic E-state index is 10.7. The molecule has 94 valence electrons. The highest BCUT2D eigenvalue weighted by Gasteiger charge is 2.11. The van der Waals surface area contributed by atoms with Crippen LogP contribution in [0.5, 0.6) is 0 Å². The zero-order valence-electron chi connectivity index (χ0n) is 9.46. The van der Waals surface area contributed by atoms with E-state index in [0.29, 0.717) is 13.0 Å². The van der Waals surface area contributed by atoms with E-state index in [-0.39, 0.29) is 24.3 Å². The van der Waals surface area contributed by atoms with Gasteiger partial charge in [-0.1, -0.05) is 0 Å². The number of anilines is 1. The van der Waals surface area contributed by atoms with Crippen molar-refractivity contribution in [3.63, 3.8) is 0 Å². The fourth-order valence-electron chi connectivity index (χ4n) is 1.28. The number of carboxylic acid groups (broad SMARTS) is 1. The molecule has 1 heterocycles. The Morgan fingerprint density at radius 2 is 2.41 bits per heavy atom. The van der Waals surface area contributed by atoms with Crippen LogP contribution in [0, 0.1) is 0 Å². The van der Waals surface area contributed by atoms with Crippen LogP contribution in [-0.2, 0) is 4.74 Å². The van der Waals surface area contributed by atoms with E-state index in [1.165, 1.54) is 12.3 Å². The van der Waals surface area contributed by atoms with Gasteiger partial charge in [0.25, 0.3) is 0 Å². The van der Waals surface area contributed by atoms with Gasteiger partial charge in [0.15, 0.2) is 5.69 Å². The van der Waals surface area contributed by atoms with E-state index < -0.39 is 5.97 Å². The fraction of sp³-hybridized carbons (Fsp3) is 0.500. The lowest BCUT2D eigenvalue weighted by Gasteiger charge is -2.16. The molecule has 0 amide bonds. The number of carboxylic acids is 1. The largest absolute Gasteiger partial charge is 0.477 e. The topological polar surface area (TPSA) is 105 Å². The van der Waals surface area contributed by atoms with Crippen molar-refractivity contribution in [2.24, 2.45) is 0 Å². The van der Waals surface area contributed by atoms with E-state index in [4.69, 9.17) is 14.9 Å². The van der Waals surface area contributed by atoms with E-state index >= 15 is 0 Å². The molecule has 0 saturated carbocycles. The lowest BCUT2D eigenvalue weighted by atomic mass is 10.2. The third-order valence-electron chi connectivity index (χ3n) is 2.05. The number of carbonyl (C=O) groups is 1. The summed E-state index contributed by atoms with van der Waals surface area (Å²) in [5, 5.41) is 20.5. The van der Waals surface area contributed by atoms with Gasteiger partial charge in [0.05, 0.1) is 12.6 Å². The van der Waals surface area contributed by atoms with E-state index in [1.807, 2.05) is 0 Å². The number of aliphatic hydroxyl groups is 1. The summed E-state index contributed by atoms with van der Waals surface area (Å²) in [6.45, 7) is 0.376. The molecule has 1 aromatic rings. The molecular weight excluding hydrogens is 226 g/mol. The summed E-state index contributed by atoms with van der Waals surface area (Å²) in [5.41, 5.74) is -0.0809. The van der Waals surface area contributed by atoms with E-state index in [2.05, 4.69) is 15.3 Å². The van der Waals surface area contributed by atoms with Gasteiger partial charge in [-0.15, -0.1) is 0 Å². The summed E-state index contributed by atoms with van der Waals surface area (Å²) in [5.74, 6) is -0.902. The highest BCUT2D eigenvalue weighted by Crippen LogP contribution is 2.05. The number of ether oxygens (including phenoxy) is 1. The minimum Gasteiger partial charge on any atom is -0.477 e. The maximum absolute atomic E-state index is 10.7. The lowest BCUT2D eigenvalue weighted by Crippen LogP contribution is -2.27. The molecule has 0 aromatic carbocycles. The minimum absolute atomic E-state index is 0.000349. The number of hydrogen-bond acceptors (Lipinski definition) is 6.